The van der Waals surface area contributed by atoms with Gasteiger partial charge in [0.15, 0.2) is 5.69 Å². The fourth-order valence-electron chi connectivity index (χ4n) is 3.38. The van der Waals surface area contributed by atoms with Gasteiger partial charge in [-0.1, -0.05) is 19.1 Å². The second-order valence-electron chi connectivity index (χ2n) is 7.26. The molecule has 0 saturated heterocycles. The molecule has 1 atom stereocenters. The molecule has 1 aromatic carbocycles. The Labute approximate surface area is 165 Å². The number of aromatic nitrogens is 2. The Balaban J connectivity index is 1.65. The van der Waals surface area contributed by atoms with Crippen LogP contribution in [0, 0.1) is 0 Å². The molecule has 1 unspecified atom stereocenters. The number of aryl methyl sites for hydroxylation is 1. The summed E-state index contributed by atoms with van der Waals surface area (Å²) in [4.78, 5) is 25.9. The Hall–Kier alpha value is -2.87. The van der Waals surface area contributed by atoms with Crippen molar-refractivity contribution in [2.24, 2.45) is 0 Å². The molecule has 3 rings (SSSR count). The lowest BCUT2D eigenvalue weighted by Crippen LogP contribution is -2.30. The van der Waals surface area contributed by atoms with E-state index in [1.807, 2.05) is 35.9 Å². The number of amides is 3. The number of nitrogens with one attached hydrogen (secondary N) is 3. The highest BCUT2D eigenvalue weighted by molar-refractivity contribution is 5.94. The molecule has 2 heterocycles. The minimum atomic E-state index is -0.180. The Morgan fingerprint density at radius 2 is 2.00 bits per heavy atom. The lowest BCUT2D eigenvalue weighted by molar-refractivity contribution is 0.0944. The average Bonchev–Trinajstić information content (AvgIpc) is 3.07. The molecule has 1 aliphatic rings. The minimum absolute atomic E-state index is 0.163. The molecule has 0 radical (unpaired) electrons. The van der Waals surface area contributed by atoms with E-state index in [4.69, 9.17) is 0 Å². The predicted octanol–water partition coefficient (Wildman–Crippen LogP) is 2.13. The Morgan fingerprint density at radius 1 is 1.29 bits per heavy atom. The van der Waals surface area contributed by atoms with Gasteiger partial charge < -0.3 is 20.9 Å². The van der Waals surface area contributed by atoms with Crippen molar-refractivity contribution in [3.8, 4) is 0 Å². The number of rotatable bonds is 5. The van der Waals surface area contributed by atoms with Crippen LogP contribution in [-0.4, -0.2) is 47.3 Å². The summed E-state index contributed by atoms with van der Waals surface area (Å²) in [6.45, 7) is 6.91. The lowest BCUT2D eigenvalue weighted by Gasteiger charge is -2.21. The minimum Gasteiger partial charge on any atom is -0.347 e. The molecule has 8 heteroatoms. The van der Waals surface area contributed by atoms with Gasteiger partial charge in [0.2, 0.25) is 0 Å². The summed E-state index contributed by atoms with van der Waals surface area (Å²) in [5.41, 5.74) is 4.33. The summed E-state index contributed by atoms with van der Waals surface area (Å²) in [7, 11) is 3.38. The van der Waals surface area contributed by atoms with Gasteiger partial charge in [0, 0.05) is 63.1 Å². The molecule has 28 heavy (non-hydrogen) atoms. The molecule has 0 aliphatic carbocycles. The van der Waals surface area contributed by atoms with Crippen molar-refractivity contribution in [3.05, 3.63) is 46.8 Å². The molecule has 150 valence electrons. The summed E-state index contributed by atoms with van der Waals surface area (Å²) in [5.74, 6) is 0.173. The van der Waals surface area contributed by atoms with Crippen LogP contribution in [0.3, 0.4) is 0 Å². The third kappa shape index (κ3) is 4.17. The standard InChI is InChI=1S/C20H28N6O2/c1-5-26-18-13(2)10-21-12-16(18)17(24-26)19(27)22-11-14-6-8-15(9-7-14)23-20(28)25(3)4/h6-9,13,21H,5,10-12H2,1-4H3,(H,22,27)(H,23,28). The molecule has 0 saturated carbocycles. The molecule has 0 bridgehead atoms. The molecular weight excluding hydrogens is 356 g/mol. The number of urea groups is 1. The number of hydrogen-bond donors (Lipinski definition) is 3. The van der Waals surface area contributed by atoms with Gasteiger partial charge >= 0.3 is 6.03 Å². The van der Waals surface area contributed by atoms with E-state index < -0.39 is 0 Å². The molecule has 0 spiro atoms. The number of hydrogen-bond acceptors (Lipinski definition) is 4. The van der Waals surface area contributed by atoms with E-state index >= 15 is 0 Å². The van der Waals surface area contributed by atoms with Crippen molar-refractivity contribution in [3.63, 3.8) is 0 Å². The topological polar surface area (TPSA) is 91.3 Å². The van der Waals surface area contributed by atoms with Crippen molar-refractivity contribution in [1.29, 1.82) is 0 Å². The SMILES string of the molecule is CCn1nc(C(=O)NCc2ccc(NC(=O)N(C)C)cc2)c2c1C(C)CNC2. The van der Waals surface area contributed by atoms with Gasteiger partial charge in [0.05, 0.1) is 0 Å². The van der Waals surface area contributed by atoms with E-state index in [0.717, 1.165) is 29.9 Å². The number of carbonyl (C=O) groups excluding carboxylic acids is 2. The number of nitrogens with zero attached hydrogens (tertiary/aromatic N) is 3. The fraction of sp³-hybridized carbons (Fsp3) is 0.450. The maximum atomic E-state index is 12.7. The number of anilines is 1. The smallest absolute Gasteiger partial charge is 0.321 e. The summed E-state index contributed by atoms with van der Waals surface area (Å²) < 4.78 is 1.94. The molecular formula is C20H28N6O2. The van der Waals surface area contributed by atoms with Gasteiger partial charge in [0.25, 0.3) is 5.91 Å². The van der Waals surface area contributed by atoms with Crippen LogP contribution in [0.5, 0.6) is 0 Å². The highest BCUT2D eigenvalue weighted by Crippen LogP contribution is 2.26. The zero-order valence-corrected chi connectivity index (χ0v) is 16.9. The summed E-state index contributed by atoms with van der Waals surface area (Å²) in [5, 5.41) is 13.6. The maximum absolute atomic E-state index is 12.7. The monoisotopic (exact) mass is 384 g/mol. The Morgan fingerprint density at radius 3 is 2.64 bits per heavy atom. The zero-order chi connectivity index (χ0) is 20.3. The summed E-state index contributed by atoms with van der Waals surface area (Å²) >= 11 is 0. The van der Waals surface area contributed by atoms with E-state index in [9.17, 15) is 9.59 Å². The van der Waals surface area contributed by atoms with Crippen LogP contribution in [0.25, 0.3) is 0 Å². The van der Waals surface area contributed by atoms with Crippen molar-refractivity contribution < 1.29 is 9.59 Å². The first-order chi connectivity index (χ1) is 13.4. The van der Waals surface area contributed by atoms with E-state index in [1.165, 1.54) is 4.90 Å². The van der Waals surface area contributed by atoms with Gasteiger partial charge in [-0.15, -0.1) is 0 Å². The quantitative estimate of drug-likeness (QED) is 0.737. The van der Waals surface area contributed by atoms with Gasteiger partial charge in [-0.25, -0.2) is 4.79 Å². The van der Waals surface area contributed by atoms with Crippen molar-refractivity contribution in [2.75, 3.05) is 26.0 Å². The maximum Gasteiger partial charge on any atom is 0.321 e. The van der Waals surface area contributed by atoms with Crippen LogP contribution in [-0.2, 0) is 19.6 Å². The van der Waals surface area contributed by atoms with Crippen molar-refractivity contribution in [1.82, 2.24) is 25.3 Å². The fourth-order valence-corrected chi connectivity index (χ4v) is 3.38. The predicted molar refractivity (Wildman–Crippen MR) is 108 cm³/mol. The number of carbonyl (C=O) groups is 2. The first-order valence-electron chi connectivity index (χ1n) is 9.56. The van der Waals surface area contributed by atoms with E-state index in [-0.39, 0.29) is 11.9 Å². The third-order valence-corrected chi connectivity index (χ3v) is 4.89. The molecule has 8 nitrogen and oxygen atoms in total. The third-order valence-electron chi connectivity index (χ3n) is 4.89. The van der Waals surface area contributed by atoms with Gasteiger partial charge in [-0.2, -0.15) is 5.10 Å². The number of benzene rings is 1. The molecule has 3 N–H and O–H groups in total. The van der Waals surface area contributed by atoms with Crippen LogP contribution in [0.15, 0.2) is 24.3 Å². The van der Waals surface area contributed by atoms with Crippen LogP contribution >= 0.6 is 0 Å². The first-order valence-corrected chi connectivity index (χ1v) is 9.56. The van der Waals surface area contributed by atoms with Gasteiger partial charge in [0.1, 0.15) is 0 Å². The summed E-state index contributed by atoms with van der Waals surface area (Å²) in [6, 6.07) is 7.23. The zero-order valence-electron chi connectivity index (χ0n) is 16.9. The Bertz CT molecular complexity index is 856. The van der Waals surface area contributed by atoms with Crippen molar-refractivity contribution in [2.45, 2.75) is 39.4 Å². The molecule has 1 aliphatic heterocycles. The highest BCUT2D eigenvalue weighted by Gasteiger charge is 2.28. The lowest BCUT2D eigenvalue weighted by atomic mass is 9.97. The van der Waals surface area contributed by atoms with Crippen molar-refractivity contribution >= 4 is 17.6 Å². The van der Waals surface area contributed by atoms with E-state index in [1.54, 1.807) is 14.1 Å². The molecule has 0 fully saturated rings. The average molecular weight is 384 g/mol. The normalized spacial score (nSPS) is 15.6. The Kier molecular flexibility index (Phi) is 5.99. The first kappa shape index (κ1) is 19.9. The van der Waals surface area contributed by atoms with Crippen LogP contribution in [0.2, 0.25) is 0 Å². The second kappa shape index (κ2) is 8.43. The van der Waals surface area contributed by atoms with Gasteiger partial charge in [-0.3, -0.25) is 9.48 Å². The number of fused-ring (bicyclic) bond motifs is 1. The largest absolute Gasteiger partial charge is 0.347 e. The van der Waals surface area contributed by atoms with Crippen LogP contribution < -0.4 is 16.0 Å². The highest BCUT2D eigenvalue weighted by atomic mass is 16.2. The summed E-state index contributed by atoms with van der Waals surface area (Å²) in [6.07, 6.45) is 0. The second-order valence-corrected chi connectivity index (χ2v) is 7.26. The van der Waals surface area contributed by atoms with Crippen LogP contribution in [0.1, 0.15) is 47.1 Å². The molecule has 3 amide bonds. The molecule has 1 aromatic heterocycles. The van der Waals surface area contributed by atoms with E-state index in [2.05, 4.69) is 28.0 Å². The van der Waals surface area contributed by atoms with Crippen LogP contribution in [0.4, 0.5) is 10.5 Å². The molecule has 2 aromatic rings. The van der Waals surface area contributed by atoms with Gasteiger partial charge in [-0.05, 0) is 24.6 Å². The van der Waals surface area contributed by atoms with E-state index in [0.29, 0.717) is 30.4 Å².